The van der Waals surface area contributed by atoms with Crippen LogP contribution in [-0.2, 0) is 4.79 Å². The van der Waals surface area contributed by atoms with Gasteiger partial charge in [-0.1, -0.05) is 0 Å². The number of carbonyl (C=O) groups is 1. The minimum absolute atomic E-state index is 0.224. The highest BCUT2D eigenvalue weighted by Gasteiger charge is 1.76. The monoisotopic (exact) mass is 126 g/mol. The Bertz CT molecular complexity index is 138. The summed E-state index contributed by atoms with van der Waals surface area (Å²) in [6, 6.07) is 0. The van der Waals surface area contributed by atoms with Gasteiger partial charge in [0.15, 0.2) is 6.29 Å². The quantitative estimate of drug-likeness (QED) is 0.312. The van der Waals surface area contributed by atoms with Gasteiger partial charge in [0.25, 0.3) is 0 Å². The molecule has 0 radical (unpaired) electrons. The predicted octanol–water partition coefficient (Wildman–Crippen LogP) is -0.239. The lowest BCUT2D eigenvalue weighted by Crippen LogP contribution is -1.97. The molecule has 3 nitrogen and oxygen atoms in total. The van der Waals surface area contributed by atoms with Gasteiger partial charge in [-0.25, -0.2) is 0 Å². The Balaban J connectivity index is 3.68. The molecule has 0 saturated heterocycles. The third kappa shape index (κ3) is 4.61. The largest absolute Gasteiger partial charge is 0.396 e. The maximum absolute atomic E-state index is 9.85. The van der Waals surface area contributed by atoms with E-state index in [9.17, 15) is 4.79 Å². The van der Waals surface area contributed by atoms with Crippen LogP contribution in [0.25, 0.3) is 0 Å². The first-order valence-corrected chi connectivity index (χ1v) is 2.56. The van der Waals surface area contributed by atoms with Gasteiger partial charge < -0.3 is 11.1 Å². The van der Waals surface area contributed by atoms with Crippen molar-refractivity contribution in [2.24, 2.45) is 5.73 Å². The second-order valence-corrected chi connectivity index (χ2v) is 1.43. The highest BCUT2D eigenvalue weighted by Crippen LogP contribution is 1.76. The number of hydrogen-bond acceptors (Lipinski definition) is 3. The molecule has 3 heteroatoms. The molecule has 0 saturated carbocycles. The molecule has 0 spiro atoms. The molecule has 0 heterocycles. The summed E-state index contributed by atoms with van der Waals surface area (Å²) in [6.07, 6.45) is 5.45. The molecule has 0 aliphatic heterocycles. The number of aldehydes is 1. The maximum atomic E-state index is 9.85. The first kappa shape index (κ1) is 7.75. The molecule has 0 unspecified atom stereocenters. The summed E-state index contributed by atoms with van der Waals surface area (Å²) >= 11 is 0. The number of carbonyl (C=O) groups excluding carboxylic acids is 1. The van der Waals surface area contributed by atoms with Gasteiger partial charge in [-0.2, -0.15) is 0 Å². The lowest BCUT2D eigenvalue weighted by atomic mass is 10.4. The van der Waals surface area contributed by atoms with Crippen molar-refractivity contribution in [1.82, 2.24) is 5.32 Å². The van der Waals surface area contributed by atoms with Gasteiger partial charge in [0.1, 0.15) is 0 Å². The number of nitrogens with one attached hydrogen (secondary N) is 1. The molecule has 9 heavy (non-hydrogen) atoms. The van der Waals surface area contributed by atoms with Crippen molar-refractivity contribution in [3.05, 3.63) is 24.0 Å². The Morgan fingerprint density at radius 1 is 1.67 bits per heavy atom. The molecule has 0 amide bonds. The third-order valence-corrected chi connectivity index (χ3v) is 0.688. The van der Waals surface area contributed by atoms with E-state index in [1.54, 1.807) is 19.3 Å². The molecular formula is C6H10N2O. The molecule has 0 bridgehead atoms. The predicted molar refractivity (Wildman–Crippen MR) is 36.5 cm³/mol. The van der Waals surface area contributed by atoms with Crippen LogP contribution in [0.4, 0.5) is 0 Å². The molecule has 0 aromatic heterocycles. The van der Waals surface area contributed by atoms with Gasteiger partial charge in [0.2, 0.25) is 0 Å². The molecule has 0 aliphatic carbocycles. The van der Waals surface area contributed by atoms with Crippen LogP contribution in [0, 0.1) is 0 Å². The van der Waals surface area contributed by atoms with E-state index in [1.165, 1.54) is 6.08 Å². The number of rotatable bonds is 3. The topological polar surface area (TPSA) is 55.1 Å². The molecule has 3 N–H and O–H groups in total. The van der Waals surface area contributed by atoms with Gasteiger partial charge in [-0.3, -0.25) is 4.79 Å². The number of nitrogens with two attached hydrogens (primary N) is 1. The lowest BCUT2D eigenvalue weighted by molar-refractivity contribution is -0.104. The highest BCUT2D eigenvalue weighted by molar-refractivity contribution is 5.72. The first-order valence-electron chi connectivity index (χ1n) is 2.56. The first-order chi connectivity index (χ1) is 4.31. The van der Waals surface area contributed by atoms with Crippen molar-refractivity contribution in [3.63, 3.8) is 0 Å². The van der Waals surface area contributed by atoms with Crippen LogP contribution in [-0.4, -0.2) is 13.3 Å². The Hall–Kier alpha value is -1.25. The summed E-state index contributed by atoms with van der Waals surface area (Å²) in [5.41, 5.74) is 5.35. The molecule has 0 atom stereocenters. The molecule has 0 rings (SSSR count). The van der Waals surface area contributed by atoms with Crippen LogP contribution in [0.15, 0.2) is 24.0 Å². The standard InChI is InChI=1S/C6H10N2O/c1-8-4-2-3-6(7)5-9/h2-5,8H,7H2,1H3/b4-2-,6-3+. The van der Waals surface area contributed by atoms with Crippen LogP contribution in [0.3, 0.4) is 0 Å². The Morgan fingerprint density at radius 3 is 2.78 bits per heavy atom. The van der Waals surface area contributed by atoms with Crippen LogP contribution >= 0.6 is 0 Å². The second kappa shape index (κ2) is 4.90. The minimum atomic E-state index is 0.224. The summed E-state index contributed by atoms with van der Waals surface area (Å²) in [4.78, 5) is 9.85. The molecule has 0 fully saturated rings. The average molecular weight is 126 g/mol. The van der Waals surface area contributed by atoms with E-state index in [4.69, 9.17) is 5.73 Å². The molecule has 50 valence electrons. The summed E-state index contributed by atoms with van der Waals surface area (Å²) in [7, 11) is 1.77. The molecular weight excluding hydrogens is 116 g/mol. The van der Waals surface area contributed by atoms with E-state index < -0.39 is 0 Å². The lowest BCUT2D eigenvalue weighted by Gasteiger charge is -1.82. The smallest absolute Gasteiger partial charge is 0.165 e. The van der Waals surface area contributed by atoms with Crippen molar-refractivity contribution in [1.29, 1.82) is 0 Å². The van der Waals surface area contributed by atoms with Crippen LogP contribution in [0.5, 0.6) is 0 Å². The van der Waals surface area contributed by atoms with Gasteiger partial charge in [0, 0.05) is 7.05 Å². The molecule has 0 aromatic carbocycles. The fourth-order valence-corrected chi connectivity index (χ4v) is 0.295. The SMILES string of the molecule is CN/C=C\C=C(\N)C=O. The summed E-state index contributed by atoms with van der Waals surface area (Å²) in [6.45, 7) is 0. The highest BCUT2D eigenvalue weighted by atomic mass is 16.1. The van der Waals surface area contributed by atoms with Crippen LogP contribution < -0.4 is 11.1 Å². The maximum Gasteiger partial charge on any atom is 0.165 e. The summed E-state index contributed by atoms with van der Waals surface area (Å²) in [5.74, 6) is 0. The minimum Gasteiger partial charge on any atom is -0.396 e. The van der Waals surface area contributed by atoms with Crippen molar-refractivity contribution in [2.45, 2.75) is 0 Å². The van der Waals surface area contributed by atoms with Crippen LogP contribution in [0.2, 0.25) is 0 Å². The Labute approximate surface area is 54.2 Å². The number of allylic oxidation sites excluding steroid dienone is 3. The van der Waals surface area contributed by atoms with Crippen molar-refractivity contribution >= 4 is 6.29 Å². The zero-order chi connectivity index (χ0) is 7.11. The molecule has 0 aliphatic rings. The molecule has 0 aromatic rings. The van der Waals surface area contributed by atoms with E-state index in [-0.39, 0.29) is 5.70 Å². The Morgan fingerprint density at radius 2 is 2.33 bits per heavy atom. The summed E-state index contributed by atoms with van der Waals surface area (Å²) < 4.78 is 0. The fraction of sp³-hybridized carbons (Fsp3) is 0.167. The van der Waals surface area contributed by atoms with E-state index in [0.717, 1.165) is 0 Å². The average Bonchev–Trinajstić information content (AvgIpc) is 1.89. The van der Waals surface area contributed by atoms with Gasteiger partial charge in [0.05, 0.1) is 5.70 Å². The van der Waals surface area contributed by atoms with E-state index >= 15 is 0 Å². The van der Waals surface area contributed by atoms with Crippen molar-refractivity contribution in [2.75, 3.05) is 7.05 Å². The van der Waals surface area contributed by atoms with Gasteiger partial charge >= 0.3 is 0 Å². The van der Waals surface area contributed by atoms with Crippen molar-refractivity contribution < 1.29 is 4.79 Å². The number of hydrogen-bond donors (Lipinski definition) is 2. The van der Waals surface area contributed by atoms with Crippen LogP contribution in [0.1, 0.15) is 0 Å². The zero-order valence-electron chi connectivity index (χ0n) is 5.29. The van der Waals surface area contributed by atoms with Gasteiger partial charge in [-0.15, -0.1) is 0 Å². The van der Waals surface area contributed by atoms with Crippen molar-refractivity contribution in [3.8, 4) is 0 Å². The normalized spacial score (nSPS) is 11.9. The zero-order valence-corrected chi connectivity index (χ0v) is 5.29. The van der Waals surface area contributed by atoms with E-state index in [1.807, 2.05) is 0 Å². The van der Waals surface area contributed by atoms with E-state index in [2.05, 4.69) is 5.32 Å². The third-order valence-electron chi connectivity index (χ3n) is 0.688. The van der Waals surface area contributed by atoms with Gasteiger partial charge in [-0.05, 0) is 18.4 Å². The fourth-order valence-electron chi connectivity index (χ4n) is 0.295. The van der Waals surface area contributed by atoms with E-state index in [0.29, 0.717) is 6.29 Å². The second-order valence-electron chi connectivity index (χ2n) is 1.43. The summed E-state index contributed by atoms with van der Waals surface area (Å²) in [5, 5.41) is 2.75. The Kier molecular flexibility index (Phi) is 4.22.